The van der Waals surface area contributed by atoms with Crippen molar-refractivity contribution in [2.24, 2.45) is 5.73 Å². The number of hydrogen-bond acceptors (Lipinski definition) is 4. The Morgan fingerprint density at radius 3 is 2.67 bits per heavy atom. The van der Waals surface area contributed by atoms with Crippen LogP contribution in [0.3, 0.4) is 0 Å². The zero-order valence-corrected chi connectivity index (χ0v) is 11.8. The predicted molar refractivity (Wildman–Crippen MR) is 78.4 cm³/mol. The minimum absolute atomic E-state index is 0.260. The molecule has 0 aliphatic carbocycles. The average molecular weight is 306 g/mol. The maximum atomic E-state index is 13.2. The monoisotopic (exact) mass is 305 g/mol. The van der Waals surface area contributed by atoms with Crippen LogP contribution in [0.1, 0.15) is 5.56 Å². The molecular weight excluding hydrogens is 293 g/mol. The smallest absolute Gasteiger partial charge is 0.139 e. The molecule has 1 aromatic heterocycles. The number of benzene rings is 1. The van der Waals surface area contributed by atoms with Crippen LogP contribution in [0.5, 0.6) is 0 Å². The fraction of sp³-hybridized carbons (Fsp3) is 0.143. The molecule has 0 spiro atoms. The first-order valence-electron chi connectivity index (χ1n) is 6.33. The molecule has 108 valence electrons. The molecule has 0 bridgehead atoms. The number of hydrogen-bond donors (Lipinski definition) is 1. The summed E-state index contributed by atoms with van der Waals surface area (Å²) in [6.07, 6.45) is 8.33. The lowest BCUT2D eigenvalue weighted by molar-refractivity contribution is 0.418. The van der Waals surface area contributed by atoms with Gasteiger partial charge in [-0.15, -0.1) is 5.10 Å². The fourth-order valence-electron chi connectivity index (χ4n) is 2.37. The van der Waals surface area contributed by atoms with Crippen LogP contribution in [0.25, 0.3) is 0 Å². The van der Waals surface area contributed by atoms with Crippen LogP contribution in [0.4, 0.5) is 4.39 Å². The standard InChI is InChI=1S/C14H13ClFN5/c15-12-5-6-14(8-17,11-1-3-13(16)4-2-11)20(7-12)21-10-18-9-19-21/h1-7,9-10H,8,17H2. The van der Waals surface area contributed by atoms with Crippen molar-refractivity contribution in [3.8, 4) is 0 Å². The Labute approximate surface area is 126 Å². The van der Waals surface area contributed by atoms with Crippen LogP contribution in [0, 0.1) is 5.82 Å². The summed E-state index contributed by atoms with van der Waals surface area (Å²) in [6, 6.07) is 6.20. The van der Waals surface area contributed by atoms with Crippen molar-refractivity contribution in [1.82, 2.24) is 14.9 Å². The normalized spacial score (nSPS) is 21.5. The zero-order valence-electron chi connectivity index (χ0n) is 11.0. The van der Waals surface area contributed by atoms with Gasteiger partial charge in [-0.2, -0.15) is 4.79 Å². The minimum atomic E-state index is -0.709. The van der Waals surface area contributed by atoms with Crippen molar-refractivity contribution in [3.63, 3.8) is 0 Å². The summed E-state index contributed by atoms with van der Waals surface area (Å²) < 4.78 is 13.2. The van der Waals surface area contributed by atoms with Gasteiger partial charge in [0.2, 0.25) is 0 Å². The molecular formula is C14H13ClFN5. The number of allylic oxidation sites excluding steroid dienone is 2. The molecule has 7 heteroatoms. The van der Waals surface area contributed by atoms with E-state index in [1.54, 1.807) is 40.5 Å². The molecule has 1 aliphatic rings. The second-order valence-corrected chi connectivity index (χ2v) is 5.08. The van der Waals surface area contributed by atoms with Crippen molar-refractivity contribution in [3.05, 3.63) is 71.7 Å². The first-order chi connectivity index (χ1) is 10.2. The molecule has 0 radical (unpaired) electrons. The Kier molecular flexibility index (Phi) is 3.48. The third kappa shape index (κ3) is 2.32. The van der Waals surface area contributed by atoms with E-state index in [2.05, 4.69) is 10.1 Å². The summed E-state index contributed by atoms with van der Waals surface area (Å²) in [5.41, 5.74) is 6.15. The third-order valence-corrected chi connectivity index (χ3v) is 3.68. The van der Waals surface area contributed by atoms with Crippen molar-refractivity contribution >= 4 is 11.6 Å². The lowest BCUT2D eigenvalue weighted by Crippen LogP contribution is -2.54. The van der Waals surface area contributed by atoms with Gasteiger partial charge in [-0.3, -0.25) is 5.01 Å². The lowest BCUT2D eigenvalue weighted by Gasteiger charge is -2.42. The number of nitrogens with two attached hydrogens (primary N) is 1. The highest BCUT2D eigenvalue weighted by Gasteiger charge is 2.37. The molecule has 1 aromatic carbocycles. The van der Waals surface area contributed by atoms with Crippen LogP contribution >= 0.6 is 11.6 Å². The van der Waals surface area contributed by atoms with Crippen molar-refractivity contribution in [2.45, 2.75) is 5.54 Å². The van der Waals surface area contributed by atoms with Gasteiger partial charge >= 0.3 is 0 Å². The second kappa shape index (κ2) is 5.31. The van der Waals surface area contributed by atoms with E-state index < -0.39 is 5.54 Å². The molecule has 0 amide bonds. The van der Waals surface area contributed by atoms with Crippen LogP contribution in [-0.2, 0) is 5.54 Å². The largest absolute Gasteiger partial charge is 0.328 e. The Morgan fingerprint density at radius 1 is 1.29 bits per heavy atom. The van der Waals surface area contributed by atoms with E-state index >= 15 is 0 Å². The Balaban J connectivity index is 2.14. The van der Waals surface area contributed by atoms with E-state index in [9.17, 15) is 4.39 Å². The van der Waals surface area contributed by atoms with Crippen molar-refractivity contribution in [1.29, 1.82) is 0 Å². The quantitative estimate of drug-likeness (QED) is 0.940. The molecule has 0 saturated heterocycles. The van der Waals surface area contributed by atoms with Gasteiger partial charge in [0.25, 0.3) is 0 Å². The van der Waals surface area contributed by atoms with E-state index in [0.29, 0.717) is 5.03 Å². The maximum Gasteiger partial charge on any atom is 0.139 e. The van der Waals surface area contributed by atoms with Crippen LogP contribution in [0.15, 0.2) is 60.3 Å². The van der Waals surface area contributed by atoms with Crippen LogP contribution < -0.4 is 10.7 Å². The van der Waals surface area contributed by atoms with Gasteiger partial charge in [-0.25, -0.2) is 9.37 Å². The van der Waals surface area contributed by atoms with Gasteiger partial charge in [-0.05, 0) is 29.8 Å². The molecule has 21 heavy (non-hydrogen) atoms. The van der Waals surface area contributed by atoms with Crippen molar-refractivity contribution in [2.75, 3.05) is 11.6 Å². The van der Waals surface area contributed by atoms with Gasteiger partial charge < -0.3 is 5.73 Å². The number of rotatable bonds is 3. The predicted octanol–water partition coefficient (Wildman–Crippen LogP) is 1.86. The third-order valence-electron chi connectivity index (χ3n) is 3.46. The molecule has 3 rings (SSSR count). The Bertz CT molecular complexity index is 680. The first-order valence-corrected chi connectivity index (χ1v) is 6.70. The molecule has 1 unspecified atom stereocenters. The van der Waals surface area contributed by atoms with E-state index in [0.717, 1.165) is 5.56 Å². The molecule has 1 aliphatic heterocycles. The van der Waals surface area contributed by atoms with Gasteiger partial charge in [0.1, 0.15) is 24.0 Å². The molecule has 2 heterocycles. The van der Waals surface area contributed by atoms with E-state index in [-0.39, 0.29) is 12.4 Å². The topological polar surface area (TPSA) is 60.0 Å². The first kappa shape index (κ1) is 13.8. The minimum Gasteiger partial charge on any atom is -0.328 e. The van der Waals surface area contributed by atoms with Crippen LogP contribution in [0.2, 0.25) is 0 Å². The summed E-state index contributed by atoms with van der Waals surface area (Å²) in [5.74, 6) is -0.299. The highest BCUT2D eigenvalue weighted by molar-refractivity contribution is 6.31. The maximum absolute atomic E-state index is 13.2. The van der Waals surface area contributed by atoms with Crippen LogP contribution in [-0.4, -0.2) is 21.4 Å². The number of nitrogens with zero attached hydrogens (tertiary/aromatic N) is 4. The highest BCUT2D eigenvalue weighted by Crippen LogP contribution is 2.33. The van der Waals surface area contributed by atoms with Crippen molar-refractivity contribution < 1.29 is 4.39 Å². The summed E-state index contributed by atoms with van der Waals surface area (Å²) in [5, 5.41) is 6.44. The summed E-state index contributed by atoms with van der Waals surface area (Å²) >= 11 is 6.10. The molecule has 0 saturated carbocycles. The number of halogens is 2. The average Bonchev–Trinajstić information content (AvgIpc) is 3.02. The molecule has 1 atom stereocenters. The molecule has 0 fully saturated rings. The molecule has 2 N–H and O–H groups in total. The number of aromatic nitrogens is 3. The molecule has 2 aromatic rings. The lowest BCUT2D eigenvalue weighted by atomic mass is 9.87. The van der Waals surface area contributed by atoms with Gasteiger partial charge in [0.15, 0.2) is 0 Å². The SMILES string of the molecule is NCC1(c2ccc(F)cc2)C=CC(Cl)=CN1n1cncn1. The molecule has 5 nitrogen and oxygen atoms in total. The van der Waals surface area contributed by atoms with E-state index in [1.165, 1.54) is 18.5 Å². The summed E-state index contributed by atoms with van der Waals surface area (Å²) in [6.45, 7) is 0.260. The van der Waals surface area contributed by atoms with E-state index in [4.69, 9.17) is 17.3 Å². The fourth-order valence-corrected chi connectivity index (χ4v) is 2.53. The second-order valence-electron chi connectivity index (χ2n) is 4.64. The van der Waals surface area contributed by atoms with E-state index in [1.807, 2.05) is 6.08 Å². The van der Waals surface area contributed by atoms with Gasteiger partial charge in [0, 0.05) is 12.7 Å². The summed E-state index contributed by atoms with van der Waals surface area (Å²) in [4.78, 5) is 5.49. The highest BCUT2D eigenvalue weighted by atomic mass is 35.5. The Hall–Kier alpha value is -2.18. The summed E-state index contributed by atoms with van der Waals surface area (Å²) in [7, 11) is 0. The van der Waals surface area contributed by atoms with Gasteiger partial charge in [0.05, 0.1) is 5.03 Å². The van der Waals surface area contributed by atoms with Gasteiger partial charge in [-0.1, -0.05) is 23.7 Å². The Morgan fingerprint density at radius 2 is 2.05 bits per heavy atom. The zero-order chi connectivity index (χ0) is 14.9.